The zero-order chi connectivity index (χ0) is 13.4. The molecular weight excluding hydrogens is 224 g/mol. The SMILES string of the molecule is CC.CN(C)Cc1ccc(N2CCNCC2)nc1. The molecule has 102 valence electrons. The third kappa shape index (κ3) is 4.63. The first-order valence-electron chi connectivity index (χ1n) is 6.81. The van der Waals surface area contributed by atoms with Crippen LogP contribution in [-0.2, 0) is 6.54 Å². The molecule has 4 heteroatoms. The average molecular weight is 250 g/mol. The minimum atomic E-state index is 0.953. The van der Waals surface area contributed by atoms with Crippen LogP contribution in [0.2, 0.25) is 0 Å². The summed E-state index contributed by atoms with van der Waals surface area (Å²) in [6.07, 6.45) is 1.98. The van der Waals surface area contributed by atoms with Crippen molar-refractivity contribution in [3.63, 3.8) is 0 Å². The van der Waals surface area contributed by atoms with Crippen LogP contribution >= 0.6 is 0 Å². The Morgan fingerprint density at radius 3 is 2.39 bits per heavy atom. The molecular formula is C14H26N4. The predicted octanol–water partition coefficient (Wildman–Crippen LogP) is 1.58. The van der Waals surface area contributed by atoms with Gasteiger partial charge in [0.15, 0.2) is 0 Å². The highest BCUT2D eigenvalue weighted by Gasteiger charge is 2.10. The first-order chi connectivity index (χ1) is 8.75. The highest BCUT2D eigenvalue weighted by molar-refractivity contribution is 5.39. The minimum Gasteiger partial charge on any atom is -0.354 e. The van der Waals surface area contributed by atoms with Crippen LogP contribution in [0.4, 0.5) is 5.82 Å². The van der Waals surface area contributed by atoms with E-state index in [0.717, 1.165) is 38.5 Å². The summed E-state index contributed by atoms with van der Waals surface area (Å²) in [5.41, 5.74) is 1.27. The Labute approximate surface area is 111 Å². The van der Waals surface area contributed by atoms with Gasteiger partial charge in [0.25, 0.3) is 0 Å². The molecule has 2 rings (SSSR count). The quantitative estimate of drug-likeness (QED) is 0.882. The van der Waals surface area contributed by atoms with Gasteiger partial charge in [-0.05, 0) is 25.7 Å². The Kier molecular flexibility index (Phi) is 6.68. The van der Waals surface area contributed by atoms with Gasteiger partial charge < -0.3 is 15.1 Å². The van der Waals surface area contributed by atoms with Gasteiger partial charge in [-0.2, -0.15) is 0 Å². The van der Waals surface area contributed by atoms with Gasteiger partial charge in [0.05, 0.1) is 0 Å². The lowest BCUT2D eigenvalue weighted by Crippen LogP contribution is -2.43. The van der Waals surface area contributed by atoms with Gasteiger partial charge in [0, 0.05) is 38.9 Å². The van der Waals surface area contributed by atoms with Crippen molar-refractivity contribution in [2.75, 3.05) is 45.2 Å². The van der Waals surface area contributed by atoms with Crippen LogP contribution in [0.15, 0.2) is 18.3 Å². The molecule has 2 heterocycles. The van der Waals surface area contributed by atoms with Gasteiger partial charge >= 0.3 is 0 Å². The first-order valence-corrected chi connectivity index (χ1v) is 6.81. The largest absolute Gasteiger partial charge is 0.354 e. The maximum absolute atomic E-state index is 4.53. The van der Waals surface area contributed by atoms with Gasteiger partial charge in [-0.3, -0.25) is 0 Å². The number of nitrogens with zero attached hydrogens (tertiary/aromatic N) is 3. The van der Waals surface area contributed by atoms with Crippen LogP contribution in [-0.4, -0.2) is 50.2 Å². The number of pyridine rings is 1. The monoisotopic (exact) mass is 250 g/mol. The second-order valence-corrected chi connectivity index (χ2v) is 4.50. The van der Waals surface area contributed by atoms with E-state index in [2.05, 4.69) is 46.3 Å². The molecule has 1 aliphatic heterocycles. The van der Waals surface area contributed by atoms with E-state index in [4.69, 9.17) is 0 Å². The second-order valence-electron chi connectivity index (χ2n) is 4.50. The minimum absolute atomic E-state index is 0.953. The Morgan fingerprint density at radius 2 is 1.89 bits per heavy atom. The number of nitrogens with one attached hydrogen (secondary N) is 1. The topological polar surface area (TPSA) is 31.4 Å². The molecule has 1 N–H and O–H groups in total. The third-order valence-electron chi connectivity index (χ3n) is 2.75. The summed E-state index contributed by atoms with van der Waals surface area (Å²) in [7, 11) is 4.15. The molecule has 18 heavy (non-hydrogen) atoms. The van der Waals surface area contributed by atoms with Crippen LogP contribution in [0.5, 0.6) is 0 Å². The van der Waals surface area contributed by atoms with Crippen molar-refractivity contribution in [3.8, 4) is 0 Å². The van der Waals surface area contributed by atoms with E-state index in [0.29, 0.717) is 0 Å². The van der Waals surface area contributed by atoms with Crippen LogP contribution in [0.25, 0.3) is 0 Å². The molecule has 1 aromatic rings. The van der Waals surface area contributed by atoms with E-state index >= 15 is 0 Å². The molecule has 1 aliphatic rings. The normalized spacial score (nSPS) is 15.3. The molecule has 0 radical (unpaired) electrons. The van der Waals surface area contributed by atoms with Crippen molar-refractivity contribution in [1.82, 2.24) is 15.2 Å². The van der Waals surface area contributed by atoms with E-state index < -0.39 is 0 Å². The number of hydrogen-bond donors (Lipinski definition) is 1. The average Bonchev–Trinajstić information content (AvgIpc) is 2.42. The van der Waals surface area contributed by atoms with Crippen LogP contribution in [0.1, 0.15) is 19.4 Å². The van der Waals surface area contributed by atoms with E-state index in [1.807, 2.05) is 20.0 Å². The summed E-state index contributed by atoms with van der Waals surface area (Å²) >= 11 is 0. The summed E-state index contributed by atoms with van der Waals surface area (Å²) in [5, 5.41) is 3.35. The van der Waals surface area contributed by atoms with Gasteiger partial charge in [-0.1, -0.05) is 19.9 Å². The fourth-order valence-electron chi connectivity index (χ4n) is 1.96. The molecule has 0 bridgehead atoms. The number of aromatic nitrogens is 1. The molecule has 0 aromatic carbocycles. The van der Waals surface area contributed by atoms with Gasteiger partial charge in [-0.25, -0.2) is 4.98 Å². The zero-order valence-corrected chi connectivity index (χ0v) is 12.1. The van der Waals surface area contributed by atoms with Crippen molar-refractivity contribution in [1.29, 1.82) is 0 Å². The molecule has 0 saturated carbocycles. The number of hydrogen-bond acceptors (Lipinski definition) is 4. The molecule has 1 fully saturated rings. The van der Waals surface area contributed by atoms with E-state index in [1.54, 1.807) is 0 Å². The summed E-state index contributed by atoms with van der Waals surface area (Å²) in [6.45, 7) is 9.18. The predicted molar refractivity (Wildman–Crippen MR) is 78.1 cm³/mol. The fourth-order valence-corrected chi connectivity index (χ4v) is 1.96. The molecule has 0 atom stereocenters. The molecule has 0 aliphatic carbocycles. The van der Waals surface area contributed by atoms with E-state index in [1.165, 1.54) is 5.56 Å². The summed E-state index contributed by atoms with van der Waals surface area (Å²) < 4.78 is 0. The van der Waals surface area contributed by atoms with Crippen molar-refractivity contribution in [3.05, 3.63) is 23.9 Å². The highest BCUT2D eigenvalue weighted by Crippen LogP contribution is 2.12. The lowest BCUT2D eigenvalue weighted by Gasteiger charge is -2.28. The maximum Gasteiger partial charge on any atom is 0.128 e. The molecule has 4 nitrogen and oxygen atoms in total. The third-order valence-corrected chi connectivity index (χ3v) is 2.75. The van der Waals surface area contributed by atoms with Crippen molar-refractivity contribution in [2.24, 2.45) is 0 Å². The number of piperazine rings is 1. The molecule has 1 aromatic heterocycles. The van der Waals surface area contributed by atoms with Gasteiger partial charge in [0.1, 0.15) is 5.82 Å². The Bertz CT molecular complexity index is 315. The second kappa shape index (κ2) is 8.06. The number of anilines is 1. The smallest absolute Gasteiger partial charge is 0.128 e. The van der Waals surface area contributed by atoms with Crippen molar-refractivity contribution in [2.45, 2.75) is 20.4 Å². The van der Waals surface area contributed by atoms with Crippen LogP contribution in [0, 0.1) is 0 Å². The fraction of sp³-hybridized carbons (Fsp3) is 0.643. The Hall–Kier alpha value is -1.13. The summed E-state index contributed by atoms with van der Waals surface area (Å²) in [5.74, 6) is 1.10. The van der Waals surface area contributed by atoms with E-state index in [-0.39, 0.29) is 0 Å². The Balaban J connectivity index is 0.000000771. The summed E-state index contributed by atoms with van der Waals surface area (Å²) in [4.78, 5) is 9.01. The maximum atomic E-state index is 4.53. The van der Waals surface area contributed by atoms with Gasteiger partial charge in [0.2, 0.25) is 0 Å². The molecule has 0 unspecified atom stereocenters. The lowest BCUT2D eigenvalue weighted by molar-refractivity contribution is 0.402. The van der Waals surface area contributed by atoms with Crippen molar-refractivity contribution < 1.29 is 0 Å². The zero-order valence-electron chi connectivity index (χ0n) is 12.1. The molecule has 1 saturated heterocycles. The van der Waals surface area contributed by atoms with E-state index in [9.17, 15) is 0 Å². The number of rotatable bonds is 3. The summed E-state index contributed by atoms with van der Waals surface area (Å²) in [6, 6.07) is 4.30. The molecule has 0 spiro atoms. The first kappa shape index (κ1) is 14.9. The van der Waals surface area contributed by atoms with Gasteiger partial charge in [-0.15, -0.1) is 0 Å². The Morgan fingerprint density at radius 1 is 1.22 bits per heavy atom. The van der Waals surface area contributed by atoms with Crippen molar-refractivity contribution >= 4 is 5.82 Å². The van der Waals surface area contributed by atoms with Crippen LogP contribution < -0.4 is 10.2 Å². The standard InChI is InChI=1S/C12H20N4.C2H6/c1-15(2)10-11-3-4-12(14-9-11)16-7-5-13-6-8-16;1-2/h3-4,9,13H,5-8,10H2,1-2H3;1-2H3. The van der Waals surface area contributed by atoms with Crippen LogP contribution in [0.3, 0.4) is 0 Å². The highest BCUT2D eigenvalue weighted by atomic mass is 15.2. The molecule has 0 amide bonds. The lowest BCUT2D eigenvalue weighted by atomic mass is 10.2.